The van der Waals surface area contributed by atoms with E-state index < -0.39 is 0 Å². The van der Waals surface area contributed by atoms with Crippen LogP contribution in [0.1, 0.15) is 20.8 Å². The summed E-state index contributed by atoms with van der Waals surface area (Å²) in [6.07, 6.45) is 0. The fraction of sp³-hybridized carbons (Fsp3) is 0.462. The third-order valence-corrected chi connectivity index (χ3v) is 2.59. The standard InChI is InChI=1S/C13H19N3O2/c1-13(2,3)7-15-9-5-10-11(4-8(9)14)18-6-12(17)16-10/h4-5,15H,6-7,14H2,1-3H3,(H,16,17). The van der Waals surface area contributed by atoms with Gasteiger partial charge < -0.3 is 21.1 Å². The van der Waals surface area contributed by atoms with Crippen LogP contribution in [0.2, 0.25) is 0 Å². The zero-order valence-electron chi connectivity index (χ0n) is 11.0. The minimum Gasteiger partial charge on any atom is -0.482 e. The molecule has 0 saturated carbocycles. The topological polar surface area (TPSA) is 76.4 Å². The highest BCUT2D eigenvalue weighted by Gasteiger charge is 2.18. The molecule has 18 heavy (non-hydrogen) atoms. The van der Waals surface area contributed by atoms with E-state index in [0.29, 0.717) is 17.1 Å². The molecule has 1 aliphatic rings. The van der Waals surface area contributed by atoms with E-state index in [0.717, 1.165) is 12.2 Å². The lowest BCUT2D eigenvalue weighted by Gasteiger charge is -2.23. The number of nitrogen functional groups attached to an aromatic ring is 1. The van der Waals surface area contributed by atoms with E-state index in [-0.39, 0.29) is 17.9 Å². The average Bonchev–Trinajstić information content (AvgIpc) is 2.26. The quantitative estimate of drug-likeness (QED) is 0.701. The molecular formula is C13H19N3O2. The second-order valence-electron chi connectivity index (χ2n) is 5.69. The average molecular weight is 249 g/mol. The van der Waals surface area contributed by atoms with E-state index in [2.05, 4.69) is 31.4 Å². The number of anilines is 3. The smallest absolute Gasteiger partial charge is 0.262 e. The summed E-state index contributed by atoms with van der Waals surface area (Å²) < 4.78 is 5.30. The van der Waals surface area contributed by atoms with Crippen LogP contribution in [0, 0.1) is 5.41 Å². The molecule has 5 nitrogen and oxygen atoms in total. The number of hydrogen-bond acceptors (Lipinski definition) is 4. The monoisotopic (exact) mass is 249 g/mol. The first kappa shape index (κ1) is 12.5. The van der Waals surface area contributed by atoms with Gasteiger partial charge in [-0.25, -0.2) is 0 Å². The molecular weight excluding hydrogens is 230 g/mol. The number of carbonyl (C=O) groups is 1. The molecule has 98 valence electrons. The van der Waals surface area contributed by atoms with Crippen molar-refractivity contribution in [3.05, 3.63) is 12.1 Å². The summed E-state index contributed by atoms with van der Waals surface area (Å²) in [5, 5.41) is 6.05. The highest BCUT2D eigenvalue weighted by atomic mass is 16.5. The van der Waals surface area contributed by atoms with Crippen LogP contribution >= 0.6 is 0 Å². The molecule has 1 aliphatic heterocycles. The summed E-state index contributed by atoms with van der Waals surface area (Å²) >= 11 is 0. The molecule has 1 aromatic carbocycles. The van der Waals surface area contributed by atoms with Crippen molar-refractivity contribution < 1.29 is 9.53 Å². The van der Waals surface area contributed by atoms with Crippen molar-refractivity contribution in [2.24, 2.45) is 5.41 Å². The van der Waals surface area contributed by atoms with Gasteiger partial charge in [0, 0.05) is 12.6 Å². The Kier molecular flexibility index (Phi) is 3.07. The van der Waals surface area contributed by atoms with E-state index in [1.165, 1.54) is 0 Å². The highest BCUT2D eigenvalue weighted by molar-refractivity contribution is 5.97. The Morgan fingerprint density at radius 3 is 2.83 bits per heavy atom. The van der Waals surface area contributed by atoms with Crippen molar-refractivity contribution >= 4 is 23.0 Å². The van der Waals surface area contributed by atoms with E-state index >= 15 is 0 Å². The second-order valence-corrected chi connectivity index (χ2v) is 5.69. The predicted molar refractivity (Wildman–Crippen MR) is 72.9 cm³/mol. The van der Waals surface area contributed by atoms with Gasteiger partial charge >= 0.3 is 0 Å². The molecule has 0 saturated heterocycles. The Morgan fingerprint density at radius 1 is 1.44 bits per heavy atom. The maximum Gasteiger partial charge on any atom is 0.262 e. The lowest BCUT2D eigenvalue weighted by molar-refractivity contribution is -0.118. The number of benzene rings is 1. The van der Waals surface area contributed by atoms with Crippen molar-refractivity contribution in [3.8, 4) is 5.75 Å². The van der Waals surface area contributed by atoms with Gasteiger partial charge in [-0.1, -0.05) is 20.8 Å². The minimum absolute atomic E-state index is 0.0429. The van der Waals surface area contributed by atoms with Crippen LogP contribution in [0.25, 0.3) is 0 Å². The summed E-state index contributed by atoms with van der Waals surface area (Å²) in [5.41, 5.74) is 8.21. The van der Waals surface area contributed by atoms with E-state index in [1.807, 2.05) is 6.07 Å². The first-order valence-corrected chi connectivity index (χ1v) is 5.95. The number of nitrogens with one attached hydrogen (secondary N) is 2. The number of nitrogens with two attached hydrogens (primary N) is 1. The Hall–Kier alpha value is -1.91. The van der Waals surface area contributed by atoms with Crippen LogP contribution in [0.5, 0.6) is 5.75 Å². The summed E-state index contributed by atoms with van der Waals surface area (Å²) in [5.74, 6) is 0.474. The fourth-order valence-corrected chi connectivity index (χ4v) is 1.66. The predicted octanol–water partition coefficient (Wildman–Crippen LogP) is 2.06. The normalized spacial score (nSPS) is 14.5. The van der Waals surface area contributed by atoms with Gasteiger partial charge in [-0.3, -0.25) is 4.79 Å². The van der Waals surface area contributed by atoms with Gasteiger partial charge in [-0.2, -0.15) is 0 Å². The molecule has 2 rings (SSSR count). The summed E-state index contributed by atoms with van der Waals surface area (Å²) in [6, 6.07) is 3.55. The van der Waals surface area contributed by atoms with Gasteiger partial charge in [0.15, 0.2) is 6.61 Å². The second kappa shape index (κ2) is 4.40. The first-order valence-electron chi connectivity index (χ1n) is 5.95. The molecule has 4 N–H and O–H groups in total. The van der Waals surface area contributed by atoms with Gasteiger partial charge in [-0.15, -0.1) is 0 Å². The number of fused-ring (bicyclic) bond motifs is 1. The van der Waals surface area contributed by atoms with Crippen LogP contribution in [0.4, 0.5) is 17.1 Å². The summed E-state index contributed by atoms with van der Waals surface area (Å²) in [6.45, 7) is 7.25. The fourth-order valence-electron chi connectivity index (χ4n) is 1.66. The van der Waals surface area contributed by atoms with E-state index in [1.54, 1.807) is 6.07 Å². The highest BCUT2D eigenvalue weighted by Crippen LogP contribution is 2.35. The van der Waals surface area contributed by atoms with Crippen LogP contribution in [-0.4, -0.2) is 19.1 Å². The lowest BCUT2D eigenvalue weighted by Crippen LogP contribution is -2.26. The third-order valence-electron chi connectivity index (χ3n) is 2.59. The van der Waals surface area contributed by atoms with Crippen molar-refractivity contribution in [1.29, 1.82) is 0 Å². The van der Waals surface area contributed by atoms with Crippen LogP contribution in [-0.2, 0) is 4.79 Å². The summed E-state index contributed by atoms with van der Waals surface area (Å²) in [7, 11) is 0. The number of hydrogen-bond donors (Lipinski definition) is 3. The molecule has 0 fully saturated rings. The van der Waals surface area contributed by atoms with Crippen molar-refractivity contribution in [1.82, 2.24) is 0 Å². The van der Waals surface area contributed by atoms with E-state index in [9.17, 15) is 4.79 Å². The van der Waals surface area contributed by atoms with Crippen molar-refractivity contribution in [2.75, 3.05) is 29.5 Å². The number of carbonyl (C=O) groups excluding carboxylic acids is 1. The lowest BCUT2D eigenvalue weighted by atomic mass is 9.97. The molecule has 1 heterocycles. The number of ether oxygens (including phenoxy) is 1. The molecule has 1 aromatic rings. The van der Waals surface area contributed by atoms with E-state index in [4.69, 9.17) is 10.5 Å². The first-order chi connectivity index (χ1) is 8.35. The molecule has 0 unspecified atom stereocenters. The molecule has 1 amide bonds. The Bertz CT molecular complexity index is 478. The third kappa shape index (κ3) is 2.85. The molecule has 0 bridgehead atoms. The van der Waals surface area contributed by atoms with Gasteiger partial charge in [0.2, 0.25) is 0 Å². The minimum atomic E-state index is -0.144. The number of amides is 1. The van der Waals surface area contributed by atoms with Crippen LogP contribution in [0.3, 0.4) is 0 Å². The van der Waals surface area contributed by atoms with Gasteiger partial charge in [-0.05, 0) is 11.5 Å². The Morgan fingerprint density at radius 2 is 2.17 bits per heavy atom. The van der Waals surface area contributed by atoms with Gasteiger partial charge in [0.05, 0.1) is 17.1 Å². The molecule has 0 aromatic heterocycles. The Labute approximate surface area is 107 Å². The van der Waals surface area contributed by atoms with Gasteiger partial charge in [0.1, 0.15) is 5.75 Å². The SMILES string of the molecule is CC(C)(C)CNc1cc2c(cc1N)OCC(=O)N2. The molecule has 0 aliphatic carbocycles. The maximum atomic E-state index is 11.3. The molecule has 5 heteroatoms. The van der Waals surface area contributed by atoms with Crippen molar-refractivity contribution in [2.45, 2.75) is 20.8 Å². The molecule has 0 radical (unpaired) electrons. The zero-order valence-corrected chi connectivity index (χ0v) is 11.0. The zero-order chi connectivity index (χ0) is 13.3. The summed E-state index contributed by atoms with van der Waals surface area (Å²) in [4.78, 5) is 11.3. The largest absolute Gasteiger partial charge is 0.482 e. The molecule has 0 spiro atoms. The Balaban J connectivity index is 2.21. The maximum absolute atomic E-state index is 11.3. The van der Waals surface area contributed by atoms with Gasteiger partial charge in [0.25, 0.3) is 5.91 Å². The van der Waals surface area contributed by atoms with Crippen molar-refractivity contribution in [3.63, 3.8) is 0 Å². The molecule has 0 atom stereocenters. The van der Waals surface area contributed by atoms with Crippen LogP contribution in [0.15, 0.2) is 12.1 Å². The van der Waals surface area contributed by atoms with Crippen LogP contribution < -0.4 is 21.1 Å². The number of rotatable bonds is 2.